The third-order valence-corrected chi connectivity index (χ3v) is 5.88. The van der Waals surface area contributed by atoms with Gasteiger partial charge in [0.05, 0.1) is 12.8 Å². The second-order valence-corrected chi connectivity index (χ2v) is 8.84. The van der Waals surface area contributed by atoms with Gasteiger partial charge < -0.3 is 20.0 Å². The number of benzene rings is 1. The zero-order valence-corrected chi connectivity index (χ0v) is 22.5. The molecule has 1 aromatic heterocycles. The van der Waals surface area contributed by atoms with Gasteiger partial charge >= 0.3 is 0 Å². The highest BCUT2D eigenvalue weighted by Gasteiger charge is 2.24. The van der Waals surface area contributed by atoms with Gasteiger partial charge in [0, 0.05) is 45.2 Å². The third kappa shape index (κ3) is 8.33. The van der Waals surface area contributed by atoms with E-state index in [4.69, 9.17) is 4.42 Å². The van der Waals surface area contributed by atoms with Crippen LogP contribution in [0.25, 0.3) is 0 Å². The van der Waals surface area contributed by atoms with Crippen molar-refractivity contribution in [1.82, 2.24) is 20.4 Å². The third-order valence-electron chi connectivity index (χ3n) is 5.88. The molecule has 1 fully saturated rings. The first-order chi connectivity index (χ1) is 15.5. The van der Waals surface area contributed by atoms with Gasteiger partial charge in [0.2, 0.25) is 5.91 Å². The highest BCUT2D eigenvalue weighted by Crippen LogP contribution is 2.15. The highest BCUT2D eigenvalue weighted by molar-refractivity contribution is 14.0. The summed E-state index contributed by atoms with van der Waals surface area (Å²) in [5.41, 5.74) is 2.53. The lowest BCUT2D eigenvalue weighted by Crippen LogP contribution is -2.50. The summed E-state index contributed by atoms with van der Waals surface area (Å²) >= 11 is 0. The molecule has 1 aromatic carbocycles. The van der Waals surface area contributed by atoms with E-state index in [1.807, 2.05) is 30.9 Å². The molecule has 7 nitrogen and oxygen atoms in total. The maximum atomic E-state index is 12.2. The van der Waals surface area contributed by atoms with E-state index < -0.39 is 0 Å². The lowest BCUT2D eigenvalue weighted by atomic mass is 10.0. The predicted molar refractivity (Wildman–Crippen MR) is 144 cm³/mol. The van der Waals surface area contributed by atoms with Gasteiger partial charge in [-0.05, 0) is 43.1 Å². The van der Waals surface area contributed by atoms with Crippen molar-refractivity contribution >= 4 is 35.8 Å². The van der Waals surface area contributed by atoms with E-state index in [-0.39, 0.29) is 35.8 Å². The van der Waals surface area contributed by atoms with Crippen LogP contribution >= 0.6 is 24.0 Å². The van der Waals surface area contributed by atoms with Crippen molar-refractivity contribution in [3.05, 3.63) is 59.5 Å². The van der Waals surface area contributed by atoms with Gasteiger partial charge in [-0.15, -0.1) is 24.0 Å². The molecule has 8 heteroatoms. The predicted octanol–water partition coefficient (Wildman–Crippen LogP) is 3.84. The van der Waals surface area contributed by atoms with Crippen LogP contribution in [0.2, 0.25) is 0 Å². The number of nitrogens with zero attached hydrogens (tertiary/aromatic N) is 3. The Balaban J connectivity index is 0.00000385. The quantitative estimate of drug-likeness (QED) is 0.288. The van der Waals surface area contributed by atoms with Gasteiger partial charge in [0.1, 0.15) is 5.76 Å². The lowest BCUT2D eigenvalue weighted by Gasteiger charge is -2.34. The van der Waals surface area contributed by atoms with Crippen molar-refractivity contribution in [2.45, 2.75) is 52.4 Å². The number of piperidine rings is 1. The minimum atomic E-state index is 0. The molecule has 1 aliphatic rings. The van der Waals surface area contributed by atoms with Gasteiger partial charge in [0.25, 0.3) is 0 Å². The molecule has 1 saturated heterocycles. The van der Waals surface area contributed by atoms with Crippen LogP contribution in [0.3, 0.4) is 0 Å². The van der Waals surface area contributed by atoms with Crippen molar-refractivity contribution in [2.24, 2.45) is 10.9 Å². The smallest absolute Gasteiger partial charge is 0.225 e. The molecular weight excluding hydrogens is 529 g/mol. The molecule has 2 aromatic rings. The molecule has 1 amide bonds. The number of furan rings is 1. The standard InChI is InChI=1S/C25H37N5O2.HI/c1-19(2)24(31)30-13-11-22(12-14-30)28-25(26-3)27-16-20-8-5-6-9-21(20)17-29(4)18-23-10-7-15-32-23;/h5-10,15,19,22H,11-14,16-18H2,1-4H3,(H2,26,27,28);1H. The molecule has 0 bridgehead atoms. The SMILES string of the molecule is CN=C(NCc1ccccc1CN(C)Cc1ccco1)NC1CCN(C(=O)C(C)C)CC1.I. The molecule has 1 aliphatic heterocycles. The summed E-state index contributed by atoms with van der Waals surface area (Å²) in [4.78, 5) is 20.8. The Morgan fingerprint density at radius 2 is 1.85 bits per heavy atom. The molecule has 0 radical (unpaired) electrons. The fourth-order valence-corrected chi connectivity index (χ4v) is 4.08. The average Bonchev–Trinajstić information content (AvgIpc) is 3.30. The van der Waals surface area contributed by atoms with Crippen LogP contribution in [0.4, 0.5) is 0 Å². The van der Waals surface area contributed by atoms with Crippen molar-refractivity contribution in [3.63, 3.8) is 0 Å². The number of nitrogens with one attached hydrogen (secondary N) is 2. The van der Waals surface area contributed by atoms with E-state index in [1.165, 1.54) is 11.1 Å². The number of rotatable bonds is 8. The maximum absolute atomic E-state index is 12.2. The minimum absolute atomic E-state index is 0. The zero-order valence-electron chi connectivity index (χ0n) is 20.2. The summed E-state index contributed by atoms with van der Waals surface area (Å²) < 4.78 is 5.47. The van der Waals surface area contributed by atoms with E-state index in [1.54, 1.807) is 13.3 Å². The first-order valence-corrected chi connectivity index (χ1v) is 11.5. The molecule has 3 rings (SSSR count). The van der Waals surface area contributed by atoms with Crippen LogP contribution < -0.4 is 10.6 Å². The molecular formula is C25H38IN5O2. The Labute approximate surface area is 215 Å². The summed E-state index contributed by atoms with van der Waals surface area (Å²) in [5, 5.41) is 7.00. The van der Waals surface area contributed by atoms with E-state index in [2.05, 4.69) is 51.8 Å². The Morgan fingerprint density at radius 1 is 1.15 bits per heavy atom. The normalized spacial score (nSPS) is 15.0. The number of hydrogen-bond acceptors (Lipinski definition) is 4. The summed E-state index contributed by atoms with van der Waals surface area (Å²) in [6.45, 7) is 7.85. The summed E-state index contributed by atoms with van der Waals surface area (Å²) in [6, 6.07) is 12.7. The van der Waals surface area contributed by atoms with Crippen molar-refractivity contribution in [2.75, 3.05) is 27.2 Å². The number of aliphatic imine (C=N–C) groups is 1. The number of carbonyl (C=O) groups is 1. The van der Waals surface area contributed by atoms with Crippen LogP contribution in [0.1, 0.15) is 43.6 Å². The topological polar surface area (TPSA) is 73.1 Å². The van der Waals surface area contributed by atoms with Gasteiger partial charge in [-0.1, -0.05) is 38.1 Å². The Bertz CT molecular complexity index is 877. The highest BCUT2D eigenvalue weighted by atomic mass is 127. The van der Waals surface area contributed by atoms with Crippen molar-refractivity contribution < 1.29 is 9.21 Å². The molecule has 182 valence electrons. The first-order valence-electron chi connectivity index (χ1n) is 11.5. The molecule has 2 heterocycles. The lowest BCUT2D eigenvalue weighted by molar-refractivity contribution is -0.135. The van der Waals surface area contributed by atoms with Gasteiger partial charge in [-0.2, -0.15) is 0 Å². The van der Waals surface area contributed by atoms with Crippen molar-refractivity contribution in [3.8, 4) is 0 Å². The Morgan fingerprint density at radius 3 is 2.45 bits per heavy atom. The zero-order chi connectivity index (χ0) is 22.9. The van der Waals surface area contributed by atoms with E-state index in [9.17, 15) is 4.79 Å². The second kappa shape index (κ2) is 13.6. The summed E-state index contributed by atoms with van der Waals surface area (Å²) in [6.07, 6.45) is 3.59. The average molecular weight is 568 g/mol. The van der Waals surface area contributed by atoms with E-state index in [0.29, 0.717) is 12.6 Å². The number of likely N-dealkylation sites (tertiary alicyclic amines) is 1. The largest absolute Gasteiger partial charge is 0.468 e. The fraction of sp³-hybridized carbons (Fsp3) is 0.520. The number of halogens is 1. The Kier molecular flexibility index (Phi) is 11.2. The summed E-state index contributed by atoms with van der Waals surface area (Å²) in [7, 11) is 3.90. The number of hydrogen-bond donors (Lipinski definition) is 2. The van der Waals surface area contributed by atoms with Crippen LogP contribution in [-0.4, -0.2) is 54.9 Å². The molecule has 33 heavy (non-hydrogen) atoms. The van der Waals surface area contributed by atoms with Gasteiger partial charge in [0.15, 0.2) is 5.96 Å². The van der Waals surface area contributed by atoms with Gasteiger partial charge in [-0.3, -0.25) is 14.7 Å². The molecule has 0 aliphatic carbocycles. The number of guanidine groups is 1. The second-order valence-electron chi connectivity index (χ2n) is 8.84. The monoisotopic (exact) mass is 567 g/mol. The first kappa shape index (κ1) is 27.2. The molecule has 2 N–H and O–H groups in total. The van der Waals surface area contributed by atoms with Crippen molar-refractivity contribution in [1.29, 1.82) is 0 Å². The van der Waals surface area contributed by atoms with E-state index >= 15 is 0 Å². The van der Waals surface area contributed by atoms with Crippen LogP contribution in [0.15, 0.2) is 52.1 Å². The van der Waals surface area contributed by atoms with Crippen LogP contribution in [0.5, 0.6) is 0 Å². The molecule has 0 unspecified atom stereocenters. The maximum Gasteiger partial charge on any atom is 0.225 e. The van der Waals surface area contributed by atoms with Crippen LogP contribution in [0, 0.1) is 5.92 Å². The molecule has 0 saturated carbocycles. The summed E-state index contributed by atoms with van der Waals surface area (Å²) in [5.74, 6) is 2.08. The number of amides is 1. The van der Waals surface area contributed by atoms with Crippen LogP contribution in [-0.2, 0) is 24.4 Å². The Hall–Kier alpha value is -2.07. The minimum Gasteiger partial charge on any atom is -0.468 e. The van der Waals surface area contributed by atoms with E-state index in [0.717, 1.165) is 50.7 Å². The molecule has 0 spiro atoms. The number of carbonyl (C=O) groups excluding carboxylic acids is 1. The molecule has 0 atom stereocenters. The fourth-order valence-electron chi connectivity index (χ4n) is 4.08. The van der Waals surface area contributed by atoms with Gasteiger partial charge in [-0.25, -0.2) is 0 Å².